The zero-order chi connectivity index (χ0) is 24.2. The Morgan fingerprint density at radius 2 is 1.91 bits per heavy atom. The number of amides is 1. The van der Waals surface area contributed by atoms with E-state index >= 15 is 0 Å². The molecule has 0 spiro atoms. The lowest BCUT2D eigenvalue weighted by Gasteiger charge is -2.18. The third kappa shape index (κ3) is 4.94. The lowest BCUT2D eigenvalue weighted by Crippen LogP contribution is -2.39. The van der Waals surface area contributed by atoms with E-state index in [1.54, 1.807) is 11.3 Å². The van der Waals surface area contributed by atoms with Crippen LogP contribution in [0.4, 0.5) is 0 Å². The van der Waals surface area contributed by atoms with E-state index in [2.05, 4.69) is 28.5 Å². The van der Waals surface area contributed by atoms with Crippen molar-refractivity contribution in [2.45, 2.75) is 25.8 Å². The van der Waals surface area contributed by atoms with Gasteiger partial charge in [-0.05, 0) is 65.8 Å². The number of nitrogens with one attached hydrogen (secondary N) is 2. The van der Waals surface area contributed by atoms with Gasteiger partial charge in [-0.15, -0.1) is 11.3 Å². The largest absolute Gasteiger partial charge is 0.493 e. The fourth-order valence-electron chi connectivity index (χ4n) is 4.31. The van der Waals surface area contributed by atoms with Crippen LogP contribution in [0.5, 0.6) is 5.75 Å². The molecule has 0 saturated heterocycles. The molecule has 5 nitrogen and oxygen atoms in total. The Balaban J connectivity index is 1.42. The summed E-state index contributed by atoms with van der Waals surface area (Å²) in [6.45, 7) is 2.40. The van der Waals surface area contributed by atoms with Crippen LogP contribution in [0.15, 0.2) is 79.0 Å². The van der Waals surface area contributed by atoms with Crippen molar-refractivity contribution < 1.29 is 14.6 Å². The number of benzene rings is 3. The van der Waals surface area contributed by atoms with Gasteiger partial charge in [0.25, 0.3) is 5.91 Å². The first-order valence-corrected chi connectivity index (χ1v) is 12.7. The number of hydrogen-bond acceptors (Lipinski definition) is 4. The minimum absolute atomic E-state index is 0.160. The molecule has 0 bridgehead atoms. The number of carbonyl (C=O) groups excluding carboxylic acids is 1. The minimum Gasteiger partial charge on any atom is -0.493 e. The lowest BCUT2D eigenvalue weighted by atomic mass is 10.0. The molecule has 35 heavy (non-hydrogen) atoms. The lowest BCUT2D eigenvalue weighted by molar-refractivity contribution is 0.0912. The normalized spacial score (nSPS) is 12.2. The SMILES string of the molecule is CCCOc1ccc(-c2cc3ccccc3s2)cc1C(=O)N[C@@H](CO)Cc1c[nH]c2ccccc12. The number of rotatable bonds is 9. The van der Waals surface area contributed by atoms with Crippen LogP contribution in [-0.4, -0.2) is 35.3 Å². The van der Waals surface area contributed by atoms with E-state index in [-0.39, 0.29) is 12.5 Å². The highest BCUT2D eigenvalue weighted by atomic mass is 32.1. The molecule has 0 aliphatic rings. The molecular weight excluding hydrogens is 456 g/mol. The molecule has 0 unspecified atom stereocenters. The van der Waals surface area contributed by atoms with Crippen molar-refractivity contribution in [2.75, 3.05) is 13.2 Å². The summed E-state index contributed by atoms with van der Waals surface area (Å²) in [5.74, 6) is 0.302. The molecule has 5 aromatic rings. The molecule has 3 aromatic carbocycles. The first-order valence-electron chi connectivity index (χ1n) is 11.9. The van der Waals surface area contributed by atoms with Gasteiger partial charge in [0, 0.05) is 26.7 Å². The minimum atomic E-state index is -0.422. The molecule has 0 saturated carbocycles. The molecular formula is C29H28N2O3S. The average Bonchev–Trinajstić information content (AvgIpc) is 3.51. The van der Waals surface area contributed by atoms with Gasteiger partial charge in [0.2, 0.25) is 0 Å². The number of H-pyrrole nitrogens is 1. The molecule has 1 amide bonds. The Morgan fingerprint density at radius 1 is 1.09 bits per heavy atom. The van der Waals surface area contributed by atoms with Gasteiger partial charge in [-0.25, -0.2) is 0 Å². The van der Waals surface area contributed by atoms with E-state index in [9.17, 15) is 9.90 Å². The van der Waals surface area contributed by atoms with Crippen molar-refractivity contribution >= 4 is 38.2 Å². The summed E-state index contributed by atoms with van der Waals surface area (Å²) < 4.78 is 7.12. The van der Waals surface area contributed by atoms with Crippen molar-refractivity contribution in [3.05, 3.63) is 90.1 Å². The van der Waals surface area contributed by atoms with Gasteiger partial charge in [0.1, 0.15) is 5.75 Å². The second kappa shape index (κ2) is 10.3. The highest BCUT2D eigenvalue weighted by Gasteiger charge is 2.20. The number of aromatic amines is 1. The predicted octanol–water partition coefficient (Wildman–Crippen LogP) is 6.17. The van der Waals surface area contributed by atoms with Gasteiger partial charge in [0.15, 0.2) is 0 Å². The Hall–Kier alpha value is -3.61. The Kier molecular flexibility index (Phi) is 6.84. The van der Waals surface area contributed by atoms with E-state index < -0.39 is 6.04 Å². The molecule has 1 atom stereocenters. The van der Waals surface area contributed by atoms with Crippen LogP contribution in [0.1, 0.15) is 29.3 Å². The van der Waals surface area contributed by atoms with E-state index in [0.29, 0.717) is 24.3 Å². The molecule has 6 heteroatoms. The number of aromatic nitrogens is 1. The maximum atomic E-state index is 13.4. The average molecular weight is 485 g/mol. The number of fused-ring (bicyclic) bond motifs is 2. The summed E-state index contributed by atoms with van der Waals surface area (Å²) >= 11 is 1.70. The van der Waals surface area contributed by atoms with Crippen LogP contribution in [-0.2, 0) is 6.42 Å². The van der Waals surface area contributed by atoms with E-state index in [1.165, 1.54) is 10.1 Å². The van der Waals surface area contributed by atoms with Crippen LogP contribution in [0.3, 0.4) is 0 Å². The second-order valence-electron chi connectivity index (χ2n) is 8.62. The fraction of sp³-hybridized carbons (Fsp3) is 0.207. The molecule has 2 aromatic heterocycles. The van der Waals surface area contributed by atoms with Gasteiger partial charge in [0.05, 0.1) is 24.8 Å². The maximum absolute atomic E-state index is 13.4. The van der Waals surface area contributed by atoms with Crippen molar-refractivity contribution in [3.8, 4) is 16.2 Å². The van der Waals surface area contributed by atoms with E-state index in [1.807, 2.05) is 67.7 Å². The second-order valence-corrected chi connectivity index (χ2v) is 9.71. The summed E-state index contributed by atoms with van der Waals surface area (Å²) in [4.78, 5) is 17.8. The van der Waals surface area contributed by atoms with Crippen molar-refractivity contribution in [3.63, 3.8) is 0 Å². The molecule has 3 N–H and O–H groups in total. The smallest absolute Gasteiger partial charge is 0.255 e. The first kappa shape index (κ1) is 23.1. The van der Waals surface area contributed by atoms with E-state index in [4.69, 9.17) is 4.74 Å². The number of thiophene rings is 1. The maximum Gasteiger partial charge on any atom is 0.255 e. The van der Waals surface area contributed by atoms with Gasteiger partial charge in [-0.3, -0.25) is 4.79 Å². The Labute approximate surface area is 208 Å². The van der Waals surface area contributed by atoms with Gasteiger partial charge >= 0.3 is 0 Å². The summed E-state index contributed by atoms with van der Waals surface area (Å²) in [6, 6.07) is 23.8. The molecule has 178 valence electrons. The van der Waals surface area contributed by atoms with Crippen LogP contribution < -0.4 is 10.1 Å². The molecule has 0 fully saturated rings. The van der Waals surface area contributed by atoms with Gasteiger partial charge in [-0.1, -0.05) is 43.3 Å². The fourth-order valence-corrected chi connectivity index (χ4v) is 5.37. The third-order valence-electron chi connectivity index (χ3n) is 6.09. The number of ether oxygens (including phenoxy) is 1. The zero-order valence-electron chi connectivity index (χ0n) is 19.6. The van der Waals surface area contributed by atoms with Crippen molar-refractivity contribution in [2.24, 2.45) is 0 Å². The number of aliphatic hydroxyl groups is 1. The highest BCUT2D eigenvalue weighted by Crippen LogP contribution is 2.35. The quantitative estimate of drug-likeness (QED) is 0.234. The zero-order valence-corrected chi connectivity index (χ0v) is 20.4. The molecule has 0 radical (unpaired) electrons. The topological polar surface area (TPSA) is 74.3 Å². The summed E-state index contributed by atoms with van der Waals surface area (Å²) in [7, 11) is 0. The first-order chi connectivity index (χ1) is 17.2. The van der Waals surface area contributed by atoms with Gasteiger partial charge < -0.3 is 20.1 Å². The van der Waals surface area contributed by atoms with Crippen molar-refractivity contribution in [1.29, 1.82) is 0 Å². The standard InChI is InChI=1S/C29H28N2O3S/c1-2-13-34-26-12-11-20(28-16-19-7-3-6-10-27(19)35-28)15-24(26)29(33)31-22(18-32)14-21-17-30-25-9-5-4-8-23(21)25/h3-12,15-17,22,30,32H,2,13-14,18H2,1H3,(H,31,33)/t22-/m1/s1. The summed E-state index contributed by atoms with van der Waals surface area (Å²) in [5, 5.41) is 15.4. The Bertz CT molecular complexity index is 1440. The summed E-state index contributed by atoms with van der Waals surface area (Å²) in [5.41, 5.74) is 3.54. The number of aliphatic hydroxyl groups excluding tert-OH is 1. The van der Waals surface area contributed by atoms with Gasteiger partial charge in [-0.2, -0.15) is 0 Å². The number of para-hydroxylation sites is 1. The molecule has 2 heterocycles. The monoisotopic (exact) mass is 484 g/mol. The summed E-state index contributed by atoms with van der Waals surface area (Å²) in [6.07, 6.45) is 3.31. The Morgan fingerprint density at radius 3 is 2.74 bits per heavy atom. The van der Waals surface area contributed by atoms with Crippen LogP contribution in [0, 0.1) is 0 Å². The van der Waals surface area contributed by atoms with Crippen molar-refractivity contribution in [1.82, 2.24) is 10.3 Å². The highest BCUT2D eigenvalue weighted by molar-refractivity contribution is 7.22. The number of hydrogen-bond donors (Lipinski definition) is 3. The van der Waals surface area contributed by atoms with Crippen LogP contribution >= 0.6 is 11.3 Å². The molecule has 0 aliphatic carbocycles. The van der Waals surface area contributed by atoms with Crippen LogP contribution in [0.2, 0.25) is 0 Å². The predicted molar refractivity (Wildman–Crippen MR) is 143 cm³/mol. The third-order valence-corrected chi connectivity index (χ3v) is 7.26. The van der Waals surface area contributed by atoms with Crippen LogP contribution in [0.25, 0.3) is 31.4 Å². The van der Waals surface area contributed by atoms with E-state index in [0.717, 1.165) is 33.3 Å². The number of carbonyl (C=O) groups is 1. The molecule has 0 aliphatic heterocycles. The molecule has 5 rings (SSSR count).